The average Bonchev–Trinajstić information content (AvgIpc) is 2.46. The van der Waals surface area contributed by atoms with Crippen LogP contribution in [0.4, 0.5) is 13.2 Å². The van der Waals surface area contributed by atoms with E-state index in [4.69, 9.17) is 0 Å². The molecule has 1 unspecified atom stereocenters. The van der Waals surface area contributed by atoms with Crippen LogP contribution in [0.25, 0.3) is 0 Å². The molecule has 0 aliphatic rings. The molecular formula is C16H15F3O2SSe. The summed E-state index contributed by atoms with van der Waals surface area (Å²) in [5, 5.41) is -4.36. The van der Waals surface area contributed by atoms with E-state index in [0.29, 0.717) is 5.56 Å². The molecule has 0 bridgehead atoms. The maximum absolute atomic E-state index is 12.9. The van der Waals surface area contributed by atoms with Gasteiger partial charge < -0.3 is 0 Å². The number of benzene rings is 2. The molecule has 0 heterocycles. The number of alkyl halides is 3. The van der Waals surface area contributed by atoms with Gasteiger partial charge in [0.25, 0.3) is 0 Å². The molecule has 124 valence electrons. The fraction of sp³-hybridized carbons (Fsp3) is 0.250. The molecule has 0 radical (unpaired) electrons. The summed E-state index contributed by atoms with van der Waals surface area (Å²) in [6, 6.07) is 14.2. The van der Waals surface area contributed by atoms with Gasteiger partial charge in [0.05, 0.1) is 0 Å². The Kier molecular flexibility index (Phi) is 5.55. The van der Waals surface area contributed by atoms with Crippen molar-refractivity contribution in [3.63, 3.8) is 0 Å². The Morgan fingerprint density at radius 3 is 2.09 bits per heavy atom. The van der Waals surface area contributed by atoms with Crippen molar-refractivity contribution < 1.29 is 21.6 Å². The Balaban J connectivity index is 2.31. The van der Waals surface area contributed by atoms with E-state index in [1.807, 2.05) is 6.92 Å². The van der Waals surface area contributed by atoms with E-state index in [1.165, 1.54) is 12.1 Å². The molecule has 0 saturated heterocycles. The van der Waals surface area contributed by atoms with Crippen LogP contribution in [0.3, 0.4) is 0 Å². The second kappa shape index (κ2) is 7.07. The van der Waals surface area contributed by atoms with Crippen molar-refractivity contribution in [1.29, 1.82) is 0 Å². The summed E-state index contributed by atoms with van der Waals surface area (Å²) in [6.07, 6.45) is 0. The third kappa shape index (κ3) is 5.37. The van der Waals surface area contributed by atoms with Crippen LogP contribution in [0.1, 0.15) is 15.9 Å². The monoisotopic (exact) mass is 408 g/mol. The average molecular weight is 407 g/mol. The summed E-state index contributed by atoms with van der Waals surface area (Å²) in [5.41, 5.74) is 1.29. The molecule has 7 heteroatoms. The molecule has 0 saturated carbocycles. The Hall–Kier alpha value is -1.30. The molecule has 2 rings (SSSR count). The molecule has 0 aliphatic heterocycles. The van der Waals surface area contributed by atoms with Gasteiger partial charge >= 0.3 is 140 Å². The number of hydrogen-bond acceptors (Lipinski definition) is 2. The van der Waals surface area contributed by atoms with E-state index >= 15 is 0 Å². The zero-order valence-electron chi connectivity index (χ0n) is 12.2. The molecule has 2 nitrogen and oxygen atoms in total. The van der Waals surface area contributed by atoms with Crippen molar-refractivity contribution in [3.8, 4) is 0 Å². The van der Waals surface area contributed by atoms with Gasteiger partial charge in [-0.3, -0.25) is 0 Å². The van der Waals surface area contributed by atoms with Gasteiger partial charge in [-0.15, -0.1) is 0 Å². The van der Waals surface area contributed by atoms with E-state index in [0.717, 1.165) is 5.56 Å². The summed E-state index contributed by atoms with van der Waals surface area (Å²) in [4.78, 5) is -1.00. The maximum atomic E-state index is 12.9. The van der Waals surface area contributed by atoms with Gasteiger partial charge in [0.1, 0.15) is 0 Å². The molecule has 0 amide bonds. The number of halogens is 3. The van der Waals surface area contributed by atoms with E-state index in [1.54, 1.807) is 42.5 Å². The second-order valence-electron chi connectivity index (χ2n) is 5.06. The van der Waals surface area contributed by atoms with Crippen LogP contribution < -0.4 is 0 Å². The number of aryl methyl sites for hydroxylation is 1. The van der Waals surface area contributed by atoms with Gasteiger partial charge in [-0.1, -0.05) is 0 Å². The van der Waals surface area contributed by atoms with Crippen LogP contribution in [0, 0.1) is 6.92 Å². The van der Waals surface area contributed by atoms with Crippen LogP contribution in [0.5, 0.6) is 0 Å². The van der Waals surface area contributed by atoms with Crippen LogP contribution in [0.2, 0.25) is 0 Å². The predicted molar refractivity (Wildman–Crippen MR) is 84.2 cm³/mol. The molecule has 0 N–H and O–H groups in total. The van der Waals surface area contributed by atoms with E-state index in [2.05, 4.69) is 0 Å². The number of hydrogen-bond donors (Lipinski definition) is 0. The van der Waals surface area contributed by atoms with Crippen LogP contribution >= 0.6 is 0 Å². The molecule has 1 atom stereocenters. The molecule has 0 aliphatic carbocycles. The summed E-state index contributed by atoms with van der Waals surface area (Å²) in [7, 11) is -3.78. The van der Waals surface area contributed by atoms with Crippen molar-refractivity contribution in [2.75, 3.05) is 5.75 Å². The first-order valence-corrected chi connectivity index (χ1v) is 10.3. The Labute approximate surface area is 139 Å². The molecule has 0 aromatic heterocycles. The Morgan fingerprint density at radius 2 is 1.57 bits per heavy atom. The summed E-state index contributed by atoms with van der Waals surface area (Å²) >= 11 is -1.81. The molecule has 2 aromatic rings. The molecule has 0 spiro atoms. The molecule has 0 fully saturated rings. The third-order valence-corrected chi connectivity index (χ3v) is 7.52. The van der Waals surface area contributed by atoms with Gasteiger partial charge in [-0.05, 0) is 0 Å². The summed E-state index contributed by atoms with van der Waals surface area (Å²) in [6.45, 7) is 1.82. The second-order valence-corrected chi connectivity index (χ2v) is 9.75. The van der Waals surface area contributed by atoms with Gasteiger partial charge in [-0.2, -0.15) is 0 Å². The van der Waals surface area contributed by atoms with E-state index in [-0.39, 0.29) is 4.90 Å². The minimum atomic E-state index is -4.36. The zero-order chi connectivity index (χ0) is 17.1. The Bertz CT molecular complexity index is 741. The topological polar surface area (TPSA) is 34.1 Å². The first-order valence-electron chi connectivity index (χ1n) is 6.76. The third-order valence-electron chi connectivity index (χ3n) is 3.20. The van der Waals surface area contributed by atoms with Gasteiger partial charge in [-0.25, -0.2) is 0 Å². The molecular weight excluding hydrogens is 392 g/mol. The van der Waals surface area contributed by atoms with Crippen LogP contribution in [0.15, 0.2) is 59.5 Å². The zero-order valence-corrected chi connectivity index (χ0v) is 14.8. The van der Waals surface area contributed by atoms with Crippen molar-refractivity contribution in [2.45, 2.75) is 21.7 Å². The van der Waals surface area contributed by atoms with Gasteiger partial charge in [0.2, 0.25) is 0 Å². The number of rotatable bonds is 5. The van der Waals surface area contributed by atoms with Crippen LogP contribution in [-0.4, -0.2) is 34.2 Å². The quantitative estimate of drug-likeness (QED) is 0.708. The van der Waals surface area contributed by atoms with Crippen molar-refractivity contribution in [2.24, 2.45) is 0 Å². The molecule has 23 heavy (non-hydrogen) atoms. The predicted octanol–water partition coefficient (Wildman–Crippen LogP) is 3.73. The summed E-state index contributed by atoms with van der Waals surface area (Å²) in [5.74, 6) is -0.542. The van der Waals surface area contributed by atoms with Crippen molar-refractivity contribution >= 4 is 24.8 Å². The van der Waals surface area contributed by atoms with Crippen LogP contribution in [-0.2, 0) is 9.84 Å². The van der Waals surface area contributed by atoms with E-state index < -0.39 is 40.4 Å². The molecule has 2 aromatic carbocycles. The SMILES string of the molecule is Cc1ccc(S(=O)(=O)CC([Se]C(F)(F)F)c2ccccc2)cc1. The standard InChI is InChI=1S/C16H15F3O2SSe/c1-12-7-9-14(10-8-12)22(20,21)11-15(23-16(17,18)19)13-5-3-2-4-6-13/h2-10,15H,11H2,1H3. The van der Waals surface area contributed by atoms with E-state index in [9.17, 15) is 21.6 Å². The van der Waals surface area contributed by atoms with Crippen molar-refractivity contribution in [1.82, 2.24) is 0 Å². The fourth-order valence-electron chi connectivity index (χ4n) is 2.07. The first kappa shape index (κ1) is 18.0. The minimum absolute atomic E-state index is 0.0574. The Morgan fingerprint density at radius 1 is 1.00 bits per heavy atom. The number of sulfone groups is 1. The summed E-state index contributed by atoms with van der Waals surface area (Å²) < 4.78 is 63.5. The van der Waals surface area contributed by atoms with Gasteiger partial charge in [0, 0.05) is 0 Å². The fourth-order valence-corrected chi connectivity index (χ4v) is 6.32. The van der Waals surface area contributed by atoms with Crippen molar-refractivity contribution in [3.05, 3.63) is 65.7 Å². The first-order chi connectivity index (χ1) is 10.7. The normalized spacial score (nSPS) is 13.7. The van der Waals surface area contributed by atoms with Gasteiger partial charge in [0.15, 0.2) is 0 Å².